The topological polar surface area (TPSA) is 0 Å². The maximum absolute atomic E-state index is 3.88. The largest absolute Gasteiger partial charge is 0.138 e. The highest BCUT2D eigenvalue weighted by Gasteiger charge is 2.34. The zero-order chi connectivity index (χ0) is 22.2. The van der Waals surface area contributed by atoms with Gasteiger partial charge in [0.05, 0.1) is 9.81 Å². The maximum Gasteiger partial charge on any atom is 0.138 e. The lowest BCUT2D eigenvalue weighted by Gasteiger charge is -2.31. The van der Waals surface area contributed by atoms with E-state index in [9.17, 15) is 0 Å². The van der Waals surface area contributed by atoms with Crippen molar-refractivity contribution in [1.82, 2.24) is 0 Å². The van der Waals surface area contributed by atoms with E-state index in [0.29, 0.717) is 0 Å². The molecule has 0 N–H and O–H groups in total. The molecule has 0 fully saturated rings. The molecule has 0 aromatic carbocycles. The molecule has 0 rings (SSSR count). The molecule has 0 aliphatic carbocycles. The number of hydrogen-bond acceptors (Lipinski definition) is 2. The molecule has 0 spiro atoms. The number of hydrogen-bond donors (Lipinski definition) is 0. The molecule has 0 saturated carbocycles. The lowest BCUT2D eigenvalue weighted by Crippen LogP contribution is -2.35. The molecule has 0 aromatic heterocycles. The third kappa shape index (κ3) is 8.87. The average molecular weight is 449 g/mol. The van der Waals surface area contributed by atoms with Crippen LogP contribution in [0.4, 0.5) is 0 Å². The van der Waals surface area contributed by atoms with Gasteiger partial charge in [0.15, 0.2) is 0 Å². The number of allylic oxidation sites excluding steroid dienone is 2. The standard InChI is InChI=1S/C24H40S2Si2/c1-13-17-25-21(15-19-27(9,10)23(3,4)5)22(26-18-14-2)16-20-28(11,12)24(6,7)8/h13-14H,1-2,17-18H2,3-12H3/b22-21+. The minimum atomic E-state index is -1.68. The zero-order valence-electron chi connectivity index (χ0n) is 19.8. The van der Waals surface area contributed by atoms with Crippen molar-refractivity contribution < 1.29 is 0 Å². The molecule has 0 saturated heterocycles. The summed E-state index contributed by atoms with van der Waals surface area (Å²) in [6.07, 6.45) is 3.88. The fraction of sp³-hybridized carbons (Fsp3) is 0.583. The van der Waals surface area contributed by atoms with E-state index in [4.69, 9.17) is 0 Å². The molecule has 0 bridgehead atoms. The SMILES string of the molecule is C=CCS/C(C#C[Si](C)(C)C(C)(C)C)=C(\C#C[Si](C)(C)C(C)(C)C)SCC=C. The Morgan fingerprint density at radius 1 is 0.714 bits per heavy atom. The normalized spacial score (nSPS) is 13.5. The highest BCUT2D eigenvalue weighted by molar-refractivity contribution is 8.07. The minimum absolute atomic E-state index is 0.245. The van der Waals surface area contributed by atoms with Gasteiger partial charge in [0.1, 0.15) is 16.1 Å². The van der Waals surface area contributed by atoms with Gasteiger partial charge in [-0.25, -0.2) is 0 Å². The summed E-state index contributed by atoms with van der Waals surface area (Å²) in [4.78, 5) is 2.20. The van der Waals surface area contributed by atoms with Crippen molar-refractivity contribution in [3.63, 3.8) is 0 Å². The van der Waals surface area contributed by atoms with Gasteiger partial charge in [-0.1, -0.05) is 91.7 Å². The van der Waals surface area contributed by atoms with Crippen molar-refractivity contribution in [3.8, 4) is 22.9 Å². The highest BCUT2D eigenvalue weighted by atomic mass is 32.2. The summed E-state index contributed by atoms with van der Waals surface area (Å²) < 4.78 is 0. The molecule has 4 heteroatoms. The van der Waals surface area contributed by atoms with Crippen LogP contribution in [0.25, 0.3) is 0 Å². The summed E-state index contributed by atoms with van der Waals surface area (Å²) >= 11 is 3.51. The van der Waals surface area contributed by atoms with Crippen molar-refractivity contribution in [2.75, 3.05) is 11.5 Å². The molecule has 0 nitrogen and oxygen atoms in total. The first-order valence-electron chi connectivity index (χ1n) is 9.87. The van der Waals surface area contributed by atoms with Crippen LogP contribution in [0.15, 0.2) is 35.1 Å². The van der Waals surface area contributed by atoms with E-state index < -0.39 is 16.1 Å². The van der Waals surface area contributed by atoms with Crippen molar-refractivity contribution in [2.24, 2.45) is 0 Å². The third-order valence-corrected chi connectivity index (χ3v) is 16.7. The van der Waals surface area contributed by atoms with Crippen LogP contribution in [-0.2, 0) is 0 Å². The second kappa shape index (κ2) is 11.0. The van der Waals surface area contributed by atoms with Gasteiger partial charge in [-0.2, -0.15) is 0 Å². The smallest absolute Gasteiger partial charge is 0.125 e. The molecule has 0 aromatic rings. The molecule has 0 atom stereocenters. The molecule has 0 radical (unpaired) electrons. The lowest BCUT2D eigenvalue weighted by atomic mass is 10.2. The summed E-state index contributed by atoms with van der Waals surface area (Å²) in [6, 6.07) is 0. The Kier molecular flexibility index (Phi) is 10.8. The Hall–Kier alpha value is -0.526. The molecule has 28 heavy (non-hydrogen) atoms. The van der Waals surface area contributed by atoms with Crippen LogP contribution in [0.5, 0.6) is 0 Å². The van der Waals surface area contributed by atoms with E-state index in [0.717, 1.165) is 21.3 Å². The first-order chi connectivity index (χ1) is 12.6. The summed E-state index contributed by atoms with van der Waals surface area (Å²) in [5, 5.41) is 0.491. The Balaban J connectivity index is 6.38. The zero-order valence-corrected chi connectivity index (χ0v) is 23.4. The molecule has 0 heterocycles. The summed E-state index contributed by atoms with van der Waals surface area (Å²) in [5.41, 5.74) is 7.35. The highest BCUT2D eigenvalue weighted by Crippen LogP contribution is 2.37. The van der Waals surface area contributed by atoms with E-state index in [1.54, 1.807) is 23.5 Å². The predicted octanol–water partition coefficient (Wildman–Crippen LogP) is 8.14. The van der Waals surface area contributed by atoms with E-state index >= 15 is 0 Å². The van der Waals surface area contributed by atoms with E-state index in [1.807, 2.05) is 12.2 Å². The monoisotopic (exact) mass is 448 g/mol. The fourth-order valence-corrected chi connectivity index (χ4v) is 4.74. The van der Waals surface area contributed by atoms with Crippen LogP contribution in [0.1, 0.15) is 41.5 Å². The second-order valence-corrected chi connectivity index (χ2v) is 22.2. The lowest BCUT2D eigenvalue weighted by molar-refractivity contribution is 0.730. The Morgan fingerprint density at radius 2 is 1.00 bits per heavy atom. The van der Waals surface area contributed by atoms with Crippen LogP contribution in [0.2, 0.25) is 36.3 Å². The van der Waals surface area contributed by atoms with E-state index in [-0.39, 0.29) is 10.1 Å². The Labute approximate surface area is 186 Å². The first-order valence-corrected chi connectivity index (χ1v) is 17.8. The second-order valence-electron chi connectivity index (χ2n) is 10.1. The quantitative estimate of drug-likeness (QED) is 0.228. The van der Waals surface area contributed by atoms with E-state index in [1.165, 1.54) is 0 Å². The van der Waals surface area contributed by atoms with Gasteiger partial charge < -0.3 is 0 Å². The van der Waals surface area contributed by atoms with Crippen molar-refractivity contribution in [3.05, 3.63) is 35.1 Å². The Morgan fingerprint density at radius 3 is 1.21 bits per heavy atom. The van der Waals surface area contributed by atoms with Crippen LogP contribution in [0.3, 0.4) is 0 Å². The van der Waals surface area contributed by atoms with Crippen LogP contribution in [-0.4, -0.2) is 27.7 Å². The Bertz CT molecular complexity index is 644. The molecule has 0 amide bonds. The predicted molar refractivity (Wildman–Crippen MR) is 142 cm³/mol. The van der Waals surface area contributed by atoms with Crippen LogP contribution in [0, 0.1) is 22.9 Å². The van der Waals surface area contributed by atoms with Crippen molar-refractivity contribution in [1.29, 1.82) is 0 Å². The molecule has 156 valence electrons. The van der Waals surface area contributed by atoms with Gasteiger partial charge in [-0.05, 0) is 10.1 Å². The van der Waals surface area contributed by atoms with Gasteiger partial charge in [-0.3, -0.25) is 0 Å². The van der Waals surface area contributed by atoms with Crippen molar-refractivity contribution >= 4 is 39.7 Å². The minimum Gasteiger partial charge on any atom is -0.125 e. The molecule has 0 aliphatic heterocycles. The van der Waals surface area contributed by atoms with Gasteiger partial charge in [0, 0.05) is 11.5 Å². The average Bonchev–Trinajstić information content (AvgIpc) is 2.53. The summed E-state index contributed by atoms with van der Waals surface area (Å²) in [7, 11) is -3.35. The first kappa shape index (κ1) is 27.5. The van der Waals surface area contributed by atoms with E-state index in [2.05, 4.69) is 104 Å². The third-order valence-electron chi connectivity index (χ3n) is 5.62. The molecule has 0 aliphatic rings. The van der Waals surface area contributed by atoms with Gasteiger partial charge in [0.2, 0.25) is 0 Å². The molecular weight excluding hydrogens is 409 g/mol. The number of rotatable bonds is 6. The molecule has 0 unspecified atom stereocenters. The van der Waals surface area contributed by atoms with Gasteiger partial charge in [-0.15, -0.1) is 47.8 Å². The van der Waals surface area contributed by atoms with Crippen molar-refractivity contribution in [2.45, 2.75) is 77.8 Å². The number of thioether (sulfide) groups is 2. The van der Waals surface area contributed by atoms with Gasteiger partial charge >= 0.3 is 0 Å². The fourth-order valence-electron chi connectivity index (χ4n) is 1.40. The summed E-state index contributed by atoms with van der Waals surface area (Å²) in [6.45, 7) is 31.0. The summed E-state index contributed by atoms with van der Waals surface area (Å²) in [5.74, 6) is 8.80. The van der Waals surface area contributed by atoms with Crippen LogP contribution < -0.4 is 0 Å². The van der Waals surface area contributed by atoms with Gasteiger partial charge in [0.25, 0.3) is 0 Å². The van der Waals surface area contributed by atoms with Crippen LogP contribution >= 0.6 is 23.5 Å². The maximum atomic E-state index is 3.88. The molecular formula is C24H40S2Si2.